The molecular formula is C18H21F2N3O2. The summed E-state index contributed by atoms with van der Waals surface area (Å²) in [7, 11) is 1.55. The zero-order chi connectivity index (χ0) is 18.2. The molecule has 1 N–H and O–H groups in total. The summed E-state index contributed by atoms with van der Waals surface area (Å²) in [5.41, 5.74) is 1.09. The molecule has 0 unspecified atom stereocenters. The lowest BCUT2D eigenvalue weighted by Gasteiger charge is -2.25. The van der Waals surface area contributed by atoms with Gasteiger partial charge in [0.05, 0.1) is 12.6 Å². The zero-order valence-corrected chi connectivity index (χ0v) is 14.2. The van der Waals surface area contributed by atoms with E-state index in [9.17, 15) is 13.6 Å². The van der Waals surface area contributed by atoms with E-state index in [2.05, 4.69) is 10.3 Å². The van der Waals surface area contributed by atoms with Gasteiger partial charge in [0.1, 0.15) is 11.6 Å². The van der Waals surface area contributed by atoms with Crippen LogP contribution in [0.5, 0.6) is 0 Å². The standard InChI is InChI=1S/C18H21F2N3O2/c1-13(16-6-5-15(19)10-17(16)20)22-18(24)23(8-9-25-2)12-14-4-3-7-21-11-14/h3-7,10-11,13H,8-9,12H2,1-2H3,(H,22,24)/t13-/m0/s1. The lowest BCUT2D eigenvalue weighted by molar-refractivity contribution is 0.145. The van der Waals surface area contributed by atoms with Gasteiger partial charge in [-0.25, -0.2) is 13.6 Å². The number of carbonyl (C=O) groups is 1. The van der Waals surface area contributed by atoms with Gasteiger partial charge in [0.2, 0.25) is 0 Å². The van der Waals surface area contributed by atoms with Crippen molar-refractivity contribution >= 4 is 6.03 Å². The average Bonchev–Trinajstić information content (AvgIpc) is 2.59. The molecule has 1 aromatic carbocycles. The minimum atomic E-state index is -0.691. The Balaban J connectivity index is 2.07. The molecule has 0 radical (unpaired) electrons. The van der Waals surface area contributed by atoms with Crippen LogP contribution in [0.3, 0.4) is 0 Å². The zero-order valence-electron chi connectivity index (χ0n) is 14.2. The number of nitrogens with one attached hydrogen (secondary N) is 1. The Morgan fingerprint density at radius 3 is 2.80 bits per heavy atom. The van der Waals surface area contributed by atoms with Crippen molar-refractivity contribution in [3.05, 3.63) is 65.5 Å². The summed E-state index contributed by atoms with van der Waals surface area (Å²) in [6, 6.07) is 5.98. The van der Waals surface area contributed by atoms with Crippen LogP contribution in [0, 0.1) is 11.6 Å². The molecule has 0 aliphatic carbocycles. The molecule has 0 saturated heterocycles. The number of ether oxygens (including phenoxy) is 1. The summed E-state index contributed by atoms with van der Waals surface area (Å²) >= 11 is 0. The monoisotopic (exact) mass is 349 g/mol. The van der Waals surface area contributed by atoms with E-state index in [1.54, 1.807) is 37.4 Å². The molecule has 0 fully saturated rings. The number of methoxy groups -OCH3 is 1. The van der Waals surface area contributed by atoms with Gasteiger partial charge in [0.15, 0.2) is 0 Å². The first kappa shape index (κ1) is 18.8. The van der Waals surface area contributed by atoms with E-state index in [1.807, 2.05) is 6.07 Å². The van der Waals surface area contributed by atoms with Crippen LogP contribution in [0.1, 0.15) is 24.1 Å². The maximum absolute atomic E-state index is 13.9. The highest BCUT2D eigenvalue weighted by Gasteiger charge is 2.19. The third kappa shape index (κ3) is 5.49. The number of amides is 2. The number of aromatic nitrogens is 1. The number of hydrogen-bond donors (Lipinski definition) is 1. The second kappa shape index (κ2) is 9.08. The van der Waals surface area contributed by atoms with E-state index >= 15 is 0 Å². The molecule has 7 heteroatoms. The van der Waals surface area contributed by atoms with Crippen LogP contribution in [0.15, 0.2) is 42.7 Å². The largest absolute Gasteiger partial charge is 0.383 e. The van der Waals surface area contributed by atoms with Crippen molar-refractivity contribution in [2.45, 2.75) is 19.5 Å². The van der Waals surface area contributed by atoms with Gasteiger partial charge < -0.3 is 15.0 Å². The number of rotatable bonds is 7. The highest BCUT2D eigenvalue weighted by molar-refractivity contribution is 5.74. The van der Waals surface area contributed by atoms with Gasteiger partial charge in [-0.15, -0.1) is 0 Å². The lowest BCUT2D eigenvalue weighted by atomic mass is 10.1. The Morgan fingerprint density at radius 1 is 1.36 bits per heavy atom. The van der Waals surface area contributed by atoms with Crippen molar-refractivity contribution < 1.29 is 18.3 Å². The highest BCUT2D eigenvalue weighted by Crippen LogP contribution is 2.18. The summed E-state index contributed by atoms with van der Waals surface area (Å²) in [4.78, 5) is 18.1. The molecule has 1 heterocycles. The van der Waals surface area contributed by atoms with Gasteiger partial charge in [0, 0.05) is 44.2 Å². The quantitative estimate of drug-likeness (QED) is 0.835. The normalized spacial score (nSPS) is 11.8. The van der Waals surface area contributed by atoms with Crippen molar-refractivity contribution in [1.29, 1.82) is 0 Å². The molecule has 2 amide bonds. The third-order valence-corrected chi connectivity index (χ3v) is 3.72. The molecule has 1 atom stereocenters. The fraction of sp³-hybridized carbons (Fsp3) is 0.333. The van der Waals surface area contributed by atoms with Gasteiger partial charge >= 0.3 is 6.03 Å². The summed E-state index contributed by atoms with van der Waals surface area (Å²) in [5, 5.41) is 2.73. The third-order valence-electron chi connectivity index (χ3n) is 3.72. The topological polar surface area (TPSA) is 54.5 Å². The van der Waals surface area contributed by atoms with Crippen LogP contribution in [-0.4, -0.2) is 36.2 Å². The molecule has 2 rings (SSSR count). The number of carbonyl (C=O) groups excluding carboxylic acids is 1. The maximum Gasteiger partial charge on any atom is 0.318 e. The Morgan fingerprint density at radius 2 is 2.16 bits per heavy atom. The van der Waals surface area contributed by atoms with E-state index < -0.39 is 17.7 Å². The molecule has 0 aliphatic heterocycles. The molecule has 0 saturated carbocycles. The van der Waals surface area contributed by atoms with Crippen LogP contribution < -0.4 is 5.32 Å². The minimum absolute atomic E-state index is 0.225. The molecule has 0 aliphatic rings. The summed E-state index contributed by atoms with van der Waals surface area (Å²) < 4.78 is 31.9. The smallest absolute Gasteiger partial charge is 0.318 e. The number of halogens is 2. The van der Waals surface area contributed by atoms with Crippen LogP contribution in [-0.2, 0) is 11.3 Å². The first-order valence-electron chi connectivity index (χ1n) is 7.89. The van der Waals surface area contributed by atoms with Crippen molar-refractivity contribution in [2.75, 3.05) is 20.3 Å². The van der Waals surface area contributed by atoms with E-state index in [0.717, 1.165) is 11.6 Å². The second-order valence-corrected chi connectivity index (χ2v) is 5.61. The first-order valence-corrected chi connectivity index (χ1v) is 7.89. The van der Waals surface area contributed by atoms with Crippen molar-refractivity contribution in [3.63, 3.8) is 0 Å². The molecule has 5 nitrogen and oxygen atoms in total. The van der Waals surface area contributed by atoms with Crippen LogP contribution in [0.25, 0.3) is 0 Å². The molecule has 0 spiro atoms. The maximum atomic E-state index is 13.9. The van der Waals surface area contributed by atoms with Gasteiger partial charge in [-0.1, -0.05) is 12.1 Å². The van der Waals surface area contributed by atoms with Gasteiger partial charge in [-0.05, 0) is 24.6 Å². The Bertz CT molecular complexity index is 698. The van der Waals surface area contributed by atoms with E-state index in [4.69, 9.17) is 4.74 Å². The van der Waals surface area contributed by atoms with Crippen LogP contribution >= 0.6 is 0 Å². The minimum Gasteiger partial charge on any atom is -0.383 e. The van der Waals surface area contributed by atoms with Gasteiger partial charge in [-0.2, -0.15) is 0 Å². The molecule has 0 bridgehead atoms. The van der Waals surface area contributed by atoms with Crippen molar-refractivity contribution in [2.24, 2.45) is 0 Å². The van der Waals surface area contributed by atoms with Crippen LogP contribution in [0.2, 0.25) is 0 Å². The van der Waals surface area contributed by atoms with Gasteiger partial charge in [0.25, 0.3) is 0 Å². The van der Waals surface area contributed by atoms with E-state index in [-0.39, 0.29) is 11.6 Å². The lowest BCUT2D eigenvalue weighted by Crippen LogP contribution is -2.42. The number of nitrogens with zero attached hydrogens (tertiary/aromatic N) is 2. The molecule has 25 heavy (non-hydrogen) atoms. The Hall–Kier alpha value is -2.54. The Kier molecular flexibility index (Phi) is 6.82. The van der Waals surface area contributed by atoms with Crippen molar-refractivity contribution in [1.82, 2.24) is 15.2 Å². The molecule has 2 aromatic rings. The summed E-state index contributed by atoms with van der Waals surface area (Å²) in [6.45, 7) is 2.73. The fourth-order valence-electron chi connectivity index (χ4n) is 2.37. The number of pyridine rings is 1. The average molecular weight is 349 g/mol. The first-order chi connectivity index (χ1) is 12.0. The fourth-order valence-corrected chi connectivity index (χ4v) is 2.37. The van der Waals surface area contributed by atoms with Crippen LogP contribution in [0.4, 0.5) is 13.6 Å². The molecular weight excluding hydrogens is 328 g/mol. The van der Waals surface area contributed by atoms with Gasteiger partial charge in [-0.3, -0.25) is 4.98 Å². The van der Waals surface area contributed by atoms with E-state index in [1.165, 1.54) is 12.1 Å². The number of benzene rings is 1. The SMILES string of the molecule is COCCN(Cc1cccnc1)C(=O)N[C@@H](C)c1ccc(F)cc1F. The molecule has 1 aromatic heterocycles. The predicted octanol–water partition coefficient (Wildman–Crippen LogP) is 3.28. The second-order valence-electron chi connectivity index (χ2n) is 5.61. The predicted molar refractivity (Wildman–Crippen MR) is 89.8 cm³/mol. The number of urea groups is 1. The summed E-state index contributed by atoms with van der Waals surface area (Å²) in [5.74, 6) is -1.35. The highest BCUT2D eigenvalue weighted by atomic mass is 19.1. The van der Waals surface area contributed by atoms with E-state index in [0.29, 0.717) is 19.7 Å². The van der Waals surface area contributed by atoms with Crippen molar-refractivity contribution in [3.8, 4) is 0 Å². The summed E-state index contributed by atoms with van der Waals surface area (Å²) in [6.07, 6.45) is 3.33. The Labute approximate surface area is 145 Å². The molecule has 134 valence electrons. The number of hydrogen-bond acceptors (Lipinski definition) is 3.